The molecule has 0 aliphatic carbocycles. The van der Waals surface area contributed by atoms with E-state index in [0.717, 1.165) is 22.5 Å². The third-order valence-corrected chi connectivity index (χ3v) is 10.7. The van der Waals surface area contributed by atoms with Crippen LogP contribution in [-0.2, 0) is 30.5 Å². The van der Waals surface area contributed by atoms with E-state index in [-0.39, 0.29) is 66.5 Å². The van der Waals surface area contributed by atoms with Crippen LogP contribution in [0.15, 0.2) is 65.6 Å². The molecule has 1 spiro atoms. The number of sulfonamides is 1. The number of amides is 3. The van der Waals surface area contributed by atoms with Gasteiger partial charge in [0.15, 0.2) is 5.60 Å². The lowest BCUT2D eigenvalue weighted by atomic mass is 9.95. The number of morpholine rings is 1. The number of rotatable bonds is 1. The molecule has 4 aliphatic rings. The van der Waals surface area contributed by atoms with Crippen molar-refractivity contribution in [1.82, 2.24) is 20.4 Å². The Bertz CT molecular complexity index is 1640. The number of ether oxygens (including phenoxy) is 1. The normalized spacial score (nSPS) is 24.6. The second-order valence-corrected chi connectivity index (χ2v) is 14.1. The topological polar surface area (TPSA) is 128 Å². The van der Waals surface area contributed by atoms with E-state index >= 15 is 0 Å². The van der Waals surface area contributed by atoms with Gasteiger partial charge >= 0.3 is 6.18 Å². The van der Waals surface area contributed by atoms with Gasteiger partial charge in [0.1, 0.15) is 0 Å². The monoisotopic (exact) mass is 691 g/mol. The second-order valence-electron chi connectivity index (χ2n) is 12.3. The number of carbonyl (C=O) groups excluding carboxylic acids is 3. The summed E-state index contributed by atoms with van der Waals surface area (Å²) in [4.78, 5) is 42.8. The minimum Gasteiger partial charge on any atom is -0.362 e. The van der Waals surface area contributed by atoms with Crippen molar-refractivity contribution in [2.75, 3.05) is 57.2 Å². The third kappa shape index (κ3) is 8.01. The summed E-state index contributed by atoms with van der Waals surface area (Å²) in [7, 11) is -2.86. The van der Waals surface area contributed by atoms with Crippen LogP contribution in [0.2, 0.25) is 0 Å². The molecule has 6 rings (SSSR count). The van der Waals surface area contributed by atoms with Gasteiger partial charge in [-0.2, -0.15) is 13.2 Å². The maximum Gasteiger partial charge on any atom is 0.416 e. The van der Waals surface area contributed by atoms with Crippen molar-refractivity contribution in [2.45, 2.75) is 54.8 Å². The first kappa shape index (κ1) is 35.4. The molecule has 11 nitrogen and oxygen atoms in total. The van der Waals surface area contributed by atoms with Crippen LogP contribution >= 0.6 is 0 Å². The molecule has 3 amide bonds. The molecule has 2 fully saturated rings. The molecule has 2 aromatic rings. The first-order chi connectivity index (χ1) is 22.8. The standard InChI is InChI=1S/C33H40F3N5O6S/c1-39-16-6-11-29(42)40-18-12-26(13-19-40)38-30(43)24-7-4-10-28(21-24)48(45,46)41(27-9-5-8-25(22-27)33(34,35)36)17-3-2-14-32(31(39)44)23-37-15-20-47-32/h2-5,7-10,21-22,26,37H,6,11-20,23H2,1H3,(H,38,43)/b3-2-. The summed E-state index contributed by atoms with van der Waals surface area (Å²) in [6.45, 7) is 1.81. The number of piperidine rings is 1. The van der Waals surface area contributed by atoms with Gasteiger partial charge in [-0.25, -0.2) is 8.42 Å². The number of hydrogen-bond acceptors (Lipinski definition) is 7. The summed E-state index contributed by atoms with van der Waals surface area (Å²) in [6, 6.07) is 9.13. The van der Waals surface area contributed by atoms with Gasteiger partial charge in [0, 0.05) is 64.2 Å². The summed E-state index contributed by atoms with van der Waals surface area (Å²) in [5, 5.41) is 6.09. The third-order valence-electron chi connectivity index (χ3n) is 8.90. The molecule has 1 atom stereocenters. The van der Waals surface area contributed by atoms with Gasteiger partial charge in [-0.1, -0.05) is 24.3 Å². The number of anilines is 1. The predicted molar refractivity (Wildman–Crippen MR) is 172 cm³/mol. The van der Waals surface area contributed by atoms with E-state index in [9.17, 15) is 36.0 Å². The Hall–Kier alpha value is -3.95. The maximum absolute atomic E-state index is 14.1. The summed E-state index contributed by atoms with van der Waals surface area (Å²) in [6.07, 6.45) is 0.114. The van der Waals surface area contributed by atoms with Gasteiger partial charge < -0.3 is 25.2 Å². The van der Waals surface area contributed by atoms with E-state index in [0.29, 0.717) is 45.4 Å². The Labute approximate surface area is 278 Å². The van der Waals surface area contributed by atoms with Crippen molar-refractivity contribution in [3.63, 3.8) is 0 Å². The molecule has 260 valence electrons. The Morgan fingerprint density at radius 1 is 0.979 bits per heavy atom. The lowest BCUT2D eigenvalue weighted by Crippen LogP contribution is -2.59. The molecule has 4 bridgehead atoms. The van der Waals surface area contributed by atoms with Crippen molar-refractivity contribution in [3.05, 3.63) is 71.8 Å². The largest absolute Gasteiger partial charge is 0.416 e. The highest BCUT2D eigenvalue weighted by Gasteiger charge is 2.42. The first-order valence-electron chi connectivity index (χ1n) is 15.9. The Morgan fingerprint density at radius 3 is 2.44 bits per heavy atom. The minimum absolute atomic E-state index is 0.0285. The molecule has 0 saturated carbocycles. The average Bonchev–Trinajstić information content (AvgIpc) is 3.07. The molecule has 4 heterocycles. The second kappa shape index (κ2) is 14.7. The number of halogens is 3. The molecule has 0 aromatic heterocycles. The number of benzene rings is 2. The van der Waals surface area contributed by atoms with Gasteiger partial charge in [-0.05, 0) is 55.7 Å². The maximum atomic E-state index is 14.1. The summed E-state index contributed by atoms with van der Waals surface area (Å²) in [5.41, 5.74) is -2.47. The zero-order chi connectivity index (χ0) is 34.5. The average molecular weight is 692 g/mol. The fourth-order valence-electron chi connectivity index (χ4n) is 6.18. The summed E-state index contributed by atoms with van der Waals surface area (Å²) < 4.78 is 76.1. The quantitative estimate of drug-likeness (QED) is 0.440. The minimum atomic E-state index is -4.71. The van der Waals surface area contributed by atoms with Crippen LogP contribution in [0.1, 0.15) is 48.0 Å². The van der Waals surface area contributed by atoms with Crippen LogP contribution in [0.4, 0.5) is 18.9 Å². The number of nitrogens with one attached hydrogen (secondary N) is 2. The zero-order valence-corrected chi connectivity index (χ0v) is 27.5. The molecule has 1 unspecified atom stereocenters. The van der Waals surface area contributed by atoms with E-state index in [1.807, 2.05) is 0 Å². The molecule has 4 aliphatic heterocycles. The number of carbonyl (C=O) groups is 3. The van der Waals surface area contributed by atoms with Crippen LogP contribution in [0.3, 0.4) is 0 Å². The van der Waals surface area contributed by atoms with Crippen LogP contribution in [0, 0.1) is 0 Å². The molecule has 0 radical (unpaired) electrons. The van der Waals surface area contributed by atoms with Crippen LogP contribution in [-0.4, -0.2) is 101 Å². The van der Waals surface area contributed by atoms with Crippen molar-refractivity contribution in [2.24, 2.45) is 0 Å². The van der Waals surface area contributed by atoms with Gasteiger partial charge in [0.25, 0.3) is 21.8 Å². The van der Waals surface area contributed by atoms with E-state index in [2.05, 4.69) is 10.6 Å². The Kier molecular flexibility index (Phi) is 10.8. The Balaban J connectivity index is 1.52. The van der Waals surface area contributed by atoms with Crippen LogP contribution in [0.5, 0.6) is 0 Å². The van der Waals surface area contributed by atoms with Crippen molar-refractivity contribution in [1.29, 1.82) is 0 Å². The highest BCUT2D eigenvalue weighted by molar-refractivity contribution is 7.92. The van der Waals surface area contributed by atoms with Crippen LogP contribution < -0.4 is 14.9 Å². The SMILES string of the molecule is CN1CCCC(=O)N2CCC(CC2)NC(=O)c2cccc(c2)S(=O)(=O)N(c2cccc(C(F)(F)F)c2)C/C=C\CC2(CNCCO2)C1=O. The van der Waals surface area contributed by atoms with Gasteiger partial charge in [-0.3, -0.25) is 18.7 Å². The molecule has 2 saturated heterocycles. The van der Waals surface area contributed by atoms with Gasteiger partial charge in [0.2, 0.25) is 5.91 Å². The fraction of sp³-hybridized carbons (Fsp3) is 0.485. The van der Waals surface area contributed by atoms with E-state index in [4.69, 9.17) is 4.74 Å². The van der Waals surface area contributed by atoms with E-state index < -0.39 is 33.3 Å². The summed E-state index contributed by atoms with van der Waals surface area (Å²) >= 11 is 0. The number of likely N-dealkylation sites (N-methyl/N-ethyl adjacent to an activating group) is 1. The van der Waals surface area contributed by atoms with Gasteiger partial charge in [-0.15, -0.1) is 0 Å². The predicted octanol–water partition coefficient (Wildman–Crippen LogP) is 3.18. The van der Waals surface area contributed by atoms with E-state index in [1.54, 1.807) is 18.0 Å². The molecule has 15 heteroatoms. The number of alkyl halides is 3. The Morgan fingerprint density at radius 2 is 1.73 bits per heavy atom. The van der Waals surface area contributed by atoms with Crippen molar-refractivity contribution in [3.8, 4) is 0 Å². The number of nitrogens with zero attached hydrogens (tertiary/aromatic N) is 3. The highest BCUT2D eigenvalue weighted by Crippen LogP contribution is 2.33. The fourth-order valence-corrected chi connectivity index (χ4v) is 7.64. The number of fused-ring (bicyclic) bond motifs is 12. The molecular formula is C33H40F3N5O6S. The highest BCUT2D eigenvalue weighted by atomic mass is 32.2. The molecule has 2 N–H and O–H groups in total. The smallest absolute Gasteiger partial charge is 0.362 e. The van der Waals surface area contributed by atoms with Crippen LogP contribution in [0.25, 0.3) is 0 Å². The zero-order valence-electron chi connectivity index (χ0n) is 26.7. The first-order valence-corrected chi connectivity index (χ1v) is 17.4. The summed E-state index contributed by atoms with van der Waals surface area (Å²) in [5.74, 6) is -0.826. The lowest BCUT2D eigenvalue weighted by molar-refractivity contribution is -0.160. The van der Waals surface area contributed by atoms with Gasteiger partial charge in [0.05, 0.1) is 29.3 Å². The lowest BCUT2D eigenvalue weighted by Gasteiger charge is -2.38. The van der Waals surface area contributed by atoms with Crippen molar-refractivity contribution < 1.29 is 40.7 Å². The van der Waals surface area contributed by atoms with Crippen molar-refractivity contribution >= 4 is 33.4 Å². The number of hydrogen-bond donors (Lipinski definition) is 2. The molecular weight excluding hydrogens is 651 g/mol. The molecule has 2 aromatic carbocycles. The molecule has 48 heavy (non-hydrogen) atoms. The van der Waals surface area contributed by atoms with E-state index in [1.165, 1.54) is 41.3 Å².